The van der Waals surface area contributed by atoms with Gasteiger partial charge in [0.15, 0.2) is 11.5 Å². The second-order valence-electron chi connectivity index (χ2n) is 7.25. The highest BCUT2D eigenvalue weighted by molar-refractivity contribution is 9.10. The lowest BCUT2D eigenvalue weighted by molar-refractivity contribution is -0.123. The predicted octanol–water partition coefficient (Wildman–Crippen LogP) is 5.46. The van der Waals surface area contributed by atoms with Crippen LogP contribution in [0.2, 0.25) is 10.0 Å². The van der Waals surface area contributed by atoms with E-state index in [0.717, 1.165) is 0 Å². The van der Waals surface area contributed by atoms with Crippen LogP contribution in [0.5, 0.6) is 11.5 Å². The molecule has 0 aliphatic heterocycles. The van der Waals surface area contributed by atoms with Crippen LogP contribution < -0.4 is 20.2 Å². The number of rotatable bonds is 10. The maximum atomic E-state index is 12.7. The molecule has 178 valence electrons. The van der Waals surface area contributed by atoms with Gasteiger partial charge in [-0.05, 0) is 71.6 Å². The fraction of sp³-hybridized carbons (Fsp3) is 0.348. The van der Waals surface area contributed by atoms with Gasteiger partial charge in [0, 0.05) is 5.02 Å². The Hall–Kier alpha value is -2.29. The number of hydrazone groups is 1. The summed E-state index contributed by atoms with van der Waals surface area (Å²) in [5, 5.41) is 7.35. The molecule has 0 saturated heterocycles. The van der Waals surface area contributed by atoms with Gasteiger partial charge in [-0.1, -0.05) is 37.0 Å². The summed E-state index contributed by atoms with van der Waals surface area (Å²) in [4.78, 5) is 25.3. The lowest BCUT2D eigenvalue weighted by Crippen LogP contribution is -2.48. The Balaban J connectivity index is 2.12. The van der Waals surface area contributed by atoms with Crippen molar-refractivity contribution in [2.24, 2.45) is 11.0 Å². The topological polar surface area (TPSA) is 89.0 Å². The van der Waals surface area contributed by atoms with Crippen LogP contribution in [0.25, 0.3) is 0 Å². The van der Waals surface area contributed by atoms with Crippen LogP contribution in [-0.2, 0) is 4.79 Å². The molecule has 0 saturated carbocycles. The maximum absolute atomic E-state index is 12.7. The van der Waals surface area contributed by atoms with Gasteiger partial charge in [0.1, 0.15) is 6.04 Å². The first kappa shape index (κ1) is 27.0. The van der Waals surface area contributed by atoms with Crippen LogP contribution in [0, 0.1) is 5.92 Å². The minimum Gasteiger partial charge on any atom is -0.490 e. The van der Waals surface area contributed by atoms with Crippen molar-refractivity contribution in [1.82, 2.24) is 10.7 Å². The predicted molar refractivity (Wildman–Crippen MR) is 135 cm³/mol. The van der Waals surface area contributed by atoms with Crippen molar-refractivity contribution in [3.63, 3.8) is 0 Å². The third kappa shape index (κ3) is 7.62. The summed E-state index contributed by atoms with van der Waals surface area (Å²) in [6.45, 7) is 8.36. The molecule has 7 nitrogen and oxygen atoms in total. The van der Waals surface area contributed by atoms with Gasteiger partial charge >= 0.3 is 0 Å². The van der Waals surface area contributed by atoms with Crippen molar-refractivity contribution in [3.05, 3.63) is 56.0 Å². The Labute approximate surface area is 211 Å². The first-order valence-electron chi connectivity index (χ1n) is 10.4. The second-order valence-corrected chi connectivity index (χ2v) is 8.95. The van der Waals surface area contributed by atoms with Gasteiger partial charge in [-0.25, -0.2) is 5.43 Å². The second kappa shape index (κ2) is 12.8. The first-order chi connectivity index (χ1) is 15.7. The molecule has 10 heteroatoms. The smallest absolute Gasteiger partial charge is 0.262 e. The SMILES string of the molecule is CCOc1cc(/C=N\NC(=O)C(NC(=O)c2ccc(Cl)cc2Cl)C(C)C)cc(Br)c1OCC. The number of nitrogens with zero attached hydrogens (tertiary/aromatic N) is 1. The average Bonchev–Trinajstić information content (AvgIpc) is 2.74. The molecule has 0 aliphatic carbocycles. The summed E-state index contributed by atoms with van der Waals surface area (Å²) < 4.78 is 12.0. The normalized spacial score (nSPS) is 12.0. The van der Waals surface area contributed by atoms with Crippen molar-refractivity contribution < 1.29 is 19.1 Å². The number of ether oxygens (including phenoxy) is 2. The first-order valence-corrected chi connectivity index (χ1v) is 11.9. The molecular weight excluding hydrogens is 533 g/mol. The zero-order chi connectivity index (χ0) is 24.5. The van der Waals surface area contributed by atoms with Crippen molar-refractivity contribution >= 4 is 57.2 Å². The highest BCUT2D eigenvalue weighted by Gasteiger charge is 2.25. The van der Waals surface area contributed by atoms with Gasteiger partial charge < -0.3 is 14.8 Å². The van der Waals surface area contributed by atoms with E-state index in [4.69, 9.17) is 32.7 Å². The number of hydrogen-bond acceptors (Lipinski definition) is 5. The molecule has 2 rings (SSSR count). The molecule has 2 amide bonds. The van der Waals surface area contributed by atoms with E-state index in [9.17, 15) is 9.59 Å². The van der Waals surface area contributed by atoms with Crippen LogP contribution >= 0.6 is 39.1 Å². The Morgan fingerprint density at radius 3 is 2.42 bits per heavy atom. The van der Waals surface area contributed by atoms with Crippen LogP contribution in [-0.4, -0.2) is 37.3 Å². The van der Waals surface area contributed by atoms with E-state index in [-0.39, 0.29) is 16.5 Å². The highest BCUT2D eigenvalue weighted by Crippen LogP contribution is 2.36. The van der Waals surface area contributed by atoms with Crippen molar-refractivity contribution in [1.29, 1.82) is 0 Å². The average molecular weight is 559 g/mol. The molecule has 0 aromatic heterocycles. The minimum absolute atomic E-state index is 0.195. The van der Waals surface area contributed by atoms with Gasteiger partial charge in [0.2, 0.25) is 0 Å². The summed E-state index contributed by atoms with van der Waals surface area (Å²) in [6.07, 6.45) is 1.48. The number of benzene rings is 2. The van der Waals surface area contributed by atoms with Crippen molar-refractivity contribution in [2.45, 2.75) is 33.7 Å². The maximum Gasteiger partial charge on any atom is 0.262 e. The van der Waals surface area contributed by atoms with Gasteiger partial charge in [0.05, 0.1) is 34.5 Å². The van der Waals surface area contributed by atoms with E-state index >= 15 is 0 Å². The van der Waals surface area contributed by atoms with Crippen LogP contribution in [0.4, 0.5) is 0 Å². The van der Waals surface area contributed by atoms with E-state index in [0.29, 0.717) is 39.8 Å². The molecule has 0 aliphatic rings. The molecule has 0 bridgehead atoms. The zero-order valence-corrected chi connectivity index (χ0v) is 21.8. The Morgan fingerprint density at radius 1 is 1.12 bits per heavy atom. The minimum atomic E-state index is -0.826. The van der Waals surface area contributed by atoms with Crippen molar-refractivity contribution in [3.8, 4) is 11.5 Å². The van der Waals surface area contributed by atoms with E-state index in [1.54, 1.807) is 18.2 Å². The lowest BCUT2D eigenvalue weighted by atomic mass is 10.0. The Morgan fingerprint density at radius 2 is 1.82 bits per heavy atom. The highest BCUT2D eigenvalue weighted by atomic mass is 79.9. The van der Waals surface area contributed by atoms with Gasteiger partial charge in [-0.3, -0.25) is 9.59 Å². The monoisotopic (exact) mass is 557 g/mol. The van der Waals surface area contributed by atoms with E-state index in [1.165, 1.54) is 18.3 Å². The summed E-state index contributed by atoms with van der Waals surface area (Å²) >= 11 is 15.5. The Kier molecular flexibility index (Phi) is 10.5. The Bertz CT molecular complexity index is 1030. The molecule has 33 heavy (non-hydrogen) atoms. The molecule has 2 N–H and O–H groups in total. The number of amides is 2. The lowest BCUT2D eigenvalue weighted by Gasteiger charge is -2.20. The number of carbonyl (C=O) groups is 2. The number of halogens is 3. The molecule has 0 spiro atoms. The molecular formula is C23H26BrCl2N3O4. The molecule has 1 unspecified atom stereocenters. The fourth-order valence-electron chi connectivity index (χ4n) is 2.88. The largest absolute Gasteiger partial charge is 0.490 e. The molecule has 2 aromatic carbocycles. The summed E-state index contributed by atoms with van der Waals surface area (Å²) in [7, 11) is 0. The standard InChI is InChI=1S/C23H26BrCl2N3O4/c1-5-32-19-10-14(9-17(24)21(19)33-6-2)12-27-29-23(31)20(13(3)4)28-22(30)16-8-7-15(25)11-18(16)26/h7-13,20H,5-6H2,1-4H3,(H,28,30)(H,29,31)/b27-12-. The molecule has 0 heterocycles. The fourth-order valence-corrected chi connectivity index (χ4v) is 3.95. The molecule has 2 aromatic rings. The molecule has 1 atom stereocenters. The zero-order valence-electron chi connectivity index (χ0n) is 18.7. The summed E-state index contributed by atoms with van der Waals surface area (Å²) in [5.74, 6) is 0.0260. The van der Waals surface area contributed by atoms with Crippen LogP contribution in [0.15, 0.2) is 39.9 Å². The van der Waals surface area contributed by atoms with Crippen LogP contribution in [0.1, 0.15) is 43.6 Å². The van der Waals surface area contributed by atoms with Gasteiger partial charge in [0.25, 0.3) is 11.8 Å². The third-order valence-electron chi connectivity index (χ3n) is 4.42. The molecule has 0 fully saturated rings. The molecule has 0 radical (unpaired) electrons. The summed E-state index contributed by atoms with van der Waals surface area (Å²) in [5.41, 5.74) is 3.39. The van der Waals surface area contributed by atoms with Gasteiger partial charge in [-0.15, -0.1) is 0 Å². The van der Waals surface area contributed by atoms with Gasteiger partial charge in [-0.2, -0.15) is 5.10 Å². The van der Waals surface area contributed by atoms with E-state index in [1.807, 2.05) is 27.7 Å². The van der Waals surface area contributed by atoms with E-state index in [2.05, 4.69) is 31.8 Å². The van der Waals surface area contributed by atoms with Crippen molar-refractivity contribution in [2.75, 3.05) is 13.2 Å². The number of nitrogens with one attached hydrogen (secondary N) is 2. The quantitative estimate of drug-likeness (QED) is 0.299. The number of carbonyl (C=O) groups excluding carboxylic acids is 2. The van der Waals surface area contributed by atoms with Crippen LogP contribution in [0.3, 0.4) is 0 Å². The number of hydrogen-bond donors (Lipinski definition) is 2. The third-order valence-corrected chi connectivity index (χ3v) is 5.56. The summed E-state index contributed by atoms with van der Waals surface area (Å²) in [6, 6.07) is 7.27. The van der Waals surface area contributed by atoms with E-state index < -0.39 is 17.9 Å².